The molecule has 25 heavy (non-hydrogen) atoms. The van der Waals surface area contributed by atoms with E-state index >= 15 is 0 Å². The predicted molar refractivity (Wildman–Crippen MR) is 90.2 cm³/mol. The number of nitrogens with zero attached hydrogens (tertiary/aromatic N) is 2. The molecule has 0 aliphatic carbocycles. The molecule has 0 aliphatic heterocycles. The number of para-hydroxylation sites is 2. The Kier molecular flexibility index (Phi) is 5.03. The third-order valence-electron chi connectivity index (χ3n) is 3.14. The SMILES string of the molecule is Cc1cc(NC(=O)[C@@H](C)OC(=O)CSc2nc3ccccc3o2)no1. The standard InChI is InChI=1S/C16H15N3O5S/c1-9-7-13(19-24-9)18-15(21)10(2)22-14(20)8-25-16-17-11-5-3-4-6-12(11)23-16/h3-7,10H,8H2,1-2H3,(H,18,19,21)/t10-/m1/s1. The first-order valence-electron chi connectivity index (χ1n) is 7.43. The molecule has 1 aromatic carbocycles. The molecule has 1 atom stereocenters. The molecule has 0 saturated carbocycles. The average molecular weight is 361 g/mol. The normalized spacial score (nSPS) is 12.1. The summed E-state index contributed by atoms with van der Waals surface area (Å²) in [6.07, 6.45) is -0.964. The van der Waals surface area contributed by atoms with E-state index in [9.17, 15) is 9.59 Å². The van der Waals surface area contributed by atoms with E-state index in [1.54, 1.807) is 19.1 Å². The van der Waals surface area contributed by atoms with Crippen LogP contribution in [-0.2, 0) is 14.3 Å². The second-order valence-corrected chi connectivity index (χ2v) is 6.11. The molecule has 1 N–H and O–H groups in total. The minimum Gasteiger partial charge on any atom is -0.452 e. The van der Waals surface area contributed by atoms with Gasteiger partial charge in [-0.2, -0.15) is 0 Å². The number of ether oxygens (including phenoxy) is 1. The maximum Gasteiger partial charge on any atom is 0.317 e. The number of benzene rings is 1. The van der Waals surface area contributed by atoms with Crippen LogP contribution in [0.4, 0.5) is 5.82 Å². The third kappa shape index (κ3) is 4.38. The van der Waals surface area contributed by atoms with Crippen LogP contribution in [0.2, 0.25) is 0 Å². The van der Waals surface area contributed by atoms with Crippen LogP contribution in [0.1, 0.15) is 12.7 Å². The molecule has 0 radical (unpaired) electrons. The first kappa shape index (κ1) is 17.0. The number of hydrogen-bond acceptors (Lipinski definition) is 8. The van der Waals surface area contributed by atoms with Gasteiger partial charge >= 0.3 is 5.97 Å². The number of aromatic nitrogens is 2. The maximum absolute atomic E-state index is 11.9. The average Bonchev–Trinajstić information content (AvgIpc) is 3.18. The molecule has 130 valence electrons. The molecule has 8 nitrogen and oxygen atoms in total. The number of aryl methyl sites for hydroxylation is 1. The van der Waals surface area contributed by atoms with Gasteiger partial charge in [0, 0.05) is 6.07 Å². The van der Waals surface area contributed by atoms with Gasteiger partial charge in [-0.25, -0.2) is 4.98 Å². The summed E-state index contributed by atoms with van der Waals surface area (Å²) in [5.41, 5.74) is 1.36. The lowest BCUT2D eigenvalue weighted by Crippen LogP contribution is -2.30. The van der Waals surface area contributed by atoms with E-state index in [1.165, 1.54) is 6.92 Å². The number of anilines is 1. The van der Waals surface area contributed by atoms with Crippen LogP contribution < -0.4 is 5.32 Å². The van der Waals surface area contributed by atoms with Gasteiger partial charge in [-0.1, -0.05) is 29.1 Å². The van der Waals surface area contributed by atoms with Gasteiger partial charge in [0.25, 0.3) is 11.1 Å². The number of rotatable bonds is 6. The Morgan fingerprint density at radius 1 is 1.36 bits per heavy atom. The number of hydrogen-bond donors (Lipinski definition) is 1. The van der Waals surface area contributed by atoms with Gasteiger partial charge in [0.15, 0.2) is 17.5 Å². The van der Waals surface area contributed by atoms with E-state index in [0.29, 0.717) is 22.1 Å². The quantitative estimate of drug-likeness (QED) is 0.527. The van der Waals surface area contributed by atoms with E-state index < -0.39 is 18.0 Å². The van der Waals surface area contributed by atoms with Crippen molar-refractivity contribution in [2.45, 2.75) is 25.2 Å². The molecule has 0 unspecified atom stereocenters. The van der Waals surface area contributed by atoms with E-state index in [4.69, 9.17) is 13.7 Å². The van der Waals surface area contributed by atoms with Gasteiger partial charge in [0.05, 0.1) is 0 Å². The fraction of sp³-hybridized carbons (Fsp3) is 0.250. The third-order valence-corrected chi connectivity index (χ3v) is 3.95. The number of amides is 1. The van der Waals surface area contributed by atoms with Gasteiger partial charge in [0.2, 0.25) is 0 Å². The Morgan fingerprint density at radius 3 is 2.88 bits per heavy atom. The van der Waals surface area contributed by atoms with Crippen molar-refractivity contribution in [2.75, 3.05) is 11.1 Å². The smallest absolute Gasteiger partial charge is 0.317 e. The summed E-state index contributed by atoms with van der Waals surface area (Å²) < 4.78 is 15.4. The fourth-order valence-corrected chi connectivity index (χ4v) is 2.59. The Labute approximate surface area is 146 Å². The lowest BCUT2D eigenvalue weighted by atomic mass is 10.3. The Morgan fingerprint density at radius 2 is 2.16 bits per heavy atom. The van der Waals surface area contributed by atoms with Crippen molar-refractivity contribution in [3.8, 4) is 0 Å². The molecule has 9 heteroatoms. The second kappa shape index (κ2) is 7.39. The summed E-state index contributed by atoms with van der Waals surface area (Å²) in [6, 6.07) is 8.87. The van der Waals surface area contributed by atoms with E-state index in [0.717, 1.165) is 11.8 Å². The summed E-state index contributed by atoms with van der Waals surface area (Å²) in [4.78, 5) is 28.1. The van der Waals surface area contributed by atoms with Crippen LogP contribution in [0.3, 0.4) is 0 Å². The lowest BCUT2D eigenvalue weighted by molar-refractivity contribution is -0.150. The first-order chi connectivity index (χ1) is 12.0. The highest BCUT2D eigenvalue weighted by Crippen LogP contribution is 2.23. The molecule has 0 aliphatic rings. The number of fused-ring (bicyclic) bond motifs is 1. The predicted octanol–water partition coefficient (Wildman–Crippen LogP) is 2.79. The summed E-state index contributed by atoms with van der Waals surface area (Å²) in [5.74, 6) is -0.228. The summed E-state index contributed by atoms with van der Waals surface area (Å²) >= 11 is 1.10. The first-order valence-corrected chi connectivity index (χ1v) is 8.42. The van der Waals surface area contributed by atoms with E-state index in [1.807, 2.05) is 18.2 Å². The summed E-state index contributed by atoms with van der Waals surface area (Å²) in [7, 11) is 0. The topological polar surface area (TPSA) is 107 Å². The van der Waals surface area contributed by atoms with Crippen molar-refractivity contribution in [2.24, 2.45) is 0 Å². The van der Waals surface area contributed by atoms with Crippen LogP contribution in [0.15, 0.2) is 44.5 Å². The lowest BCUT2D eigenvalue weighted by Gasteiger charge is -2.11. The van der Waals surface area contributed by atoms with Crippen molar-refractivity contribution >= 4 is 40.6 Å². The Bertz CT molecular complexity index is 871. The molecule has 1 amide bonds. The maximum atomic E-state index is 11.9. The molecule has 0 saturated heterocycles. The molecule has 0 spiro atoms. The zero-order chi connectivity index (χ0) is 17.8. The largest absolute Gasteiger partial charge is 0.452 e. The Hall–Kier alpha value is -2.81. The number of carbonyl (C=O) groups excluding carboxylic acids is 2. The minimum absolute atomic E-state index is 0.0203. The van der Waals surface area contributed by atoms with Crippen molar-refractivity contribution in [1.29, 1.82) is 0 Å². The van der Waals surface area contributed by atoms with Crippen molar-refractivity contribution in [3.63, 3.8) is 0 Å². The van der Waals surface area contributed by atoms with Crippen LogP contribution in [0.25, 0.3) is 11.1 Å². The van der Waals surface area contributed by atoms with E-state index in [2.05, 4.69) is 15.5 Å². The molecule has 0 bridgehead atoms. The molecule has 0 fully saturated rings. The van der Waals surface area contributed by atoms with Gasteiger partial charge in [-0.3, -0.25) is 9.59 Å². The molecular formula is C16H15N3O5S. The molecular weight excluding hydrogens is 346 g/mol. The van der Waals surface area contributed by atoms with Crippen LogP contribution >= 0.6 is 11.8 Å². The zero-order valence-electron chi connectivity index (χ0n) is 13.5. The minimum atomic E-state index is -0.964. The second-order valence-electron chi connectivity index (χ2n) is 5.18. The Balaban J connectivity index is 1.48. The zero-order valence-corrected chi connectivity index (χ0v) is 14.3. The number of carbonyl (C=O) groups is 2. The van der Waals surface area contributed by atoms with Crippen LogP contribution in [0, 0.1) is 6.92 Å². The van der Waals surface area contributed by atoms with Gasteiger partial charge < -0.3 is 19.0 Å². The highest BCUT2D eigenvalue weighted by molar-refractivity contribution is 7.99. The van der Waals surface area contributed by atoms with Crippen molar-refractivity contribution in [3.05, 3.63) is 36.1 Å². The number of esters is 1. The monoisotopic (exact) mass is 361 g/mol. The highest BCUT2D eigenvalue weighted by atomic mass is 32.2. The number of thioether (sulfide) groups is 1. The summed E-state index contributed by atoms with van der Waals surface area (Å²) in [6.45, 7) is 3.18. The number of nitrogens with one attached hydrogen (secondary N) is 1. The fourth-order valence-electron chi connectivity index (χ4n) is 1.97. The van der Waals surface area contributed by atoms with Crippen molar-refractivity contribution < 1.29 is 23.3 Å². The van der Waals surface area contributed by atoms with Crippen molar-refractivity contribution in [1.82, 2.24) is 10.1 Å². The molecule has 2 aromatic heterocycles. The van der Waals surface area contributed by atoms with Crippen LogP contribution in [0.5, 0.6) is 0 Å². The molecule has 3 rings (SSSR count). The molecule has 3 aromatic rings. The van der Waals surface area contributed by atoms with Gasteiger partial charge in [0.1, 0.15) is 17.0 Å². The van der Waals surface area contributed by atoms with E-state index in [-0.39, 0.29) is 11.6 Å². The molecule has 2 heterocycles. The van der Waals surface area contributed by atoms with Gasteiger partial charge in [-0.15, -0.1) is 0 Å². The van der Waals surface area contributed by atoms with Gasteiger partial charge in [-0.05, 0) is 26.0 Å². The highest BCUT2D eigenvalue weighted by Gasteiger charge is 2.20. The number of oxazole rings is 1. The van der Waals surface area contributed by atoms with Crippen LogP contribution in [-0.4, -0.2) is 33.9 Å². The summed E-state index contributed by atoms with van der Waals surface area (Å²) in [5, 5.41) is 6.51.